The molecule has 0 radical (unpaired) electrons. The standard InChI is InChI=1S/C14H20O6Si/c1-7-13(15)19-9-11(3)21(17-5,18-6)12(4)10-20-14(16)8-2/h7-8H,1-4,9-10H2,5-6H3. The van der Waals surface area contributed by atoms with Crippen LogP contribution in [0.3, 0.4) is 0 Å². The van der Waals surface area contributed by atoms with E-state index in [1.165, 1.54) is 14.2 Å². The minimum absolute atomic E-state index is 0.104. The molecule has 0 saturated carbocycles. The Labute approximate surface area is 125 Å². The highest BCUT2D eigenvalue weighted by atomic mass is 28.4. The average molecular weight is 312 g/mol. The van der Waals surface area contributed by atoms with Gasteiger partial charge in [-0.1, -0.05) is 26.3 Å². The molecular formula is C14H20O6Si. The van der Waals surface area contributed by atoms with Gasteiger partial charge in [0.05, 0.1) is 0 Å². The molecular weight excluding hydrogens is 292 g/mol. The van der Waals surface area contributed by atoms with Crippen LogP contribution in [0.15, 0.2) is 48.9 Å². The first-order valence-corrected chi connectivity index (χ1v) is 7.74. The predicted octanol–water partition coefficient (Wildman–Crippen LogP) is 1.37. The maximum absolute atomic E-state index is 11.1. The number of ether oxygens (including phenoxy) is 2. The number of hydrogen-bond donors (Lipinski definition) is 0. The molecule has 0 spiro atoms. The van der Waals surface area contributed by atoms with Crippen LogP contribution in [0, 0.1) is 0 Å². The largest absolute Gasteiger partial charge is 0.458 e. The van der Waals surface area contributed by atoms with Crippen LogP contribution < -0.4 is 0 Å². The number of carbonyl (C=O) groups is 2. The molecule has 7 heteroatoms. The van der Waals surface area contributed by atoms with Crippen LogP contribution in [0.4, 0.5) is 0 Å². The minimum atomic E-state index is -3.12. The zero-order chi connectivity index (χ0) is 16.5. The van der Waals surface area contributed by atoms with Crippen LogP contribution in [0.5, 0.6) is 0 Å². The summed E-state index contributed by atoms with van der Waals surface area (Å²) < 4.78 is 20.7. The third-order valence-corrected chi connectivity index (χ3v) is 5.92. The lowest BCUT2D eigenvalue weighted by Crippen LogP contribution is -2.47. The van der Waals surface area contributed by atoms with Gasteiger partial charge < -0.3 is 18.3 Å². The molecule has 0 fully saturated rings. The van der Waals surface area contributed by atoms with Crippen molar-refractivity contribution in [2.75, 3.05) is 27.4 Å². The molecule has 0 aromatic heterocycles. The van der Waals surface area contributed by atoms with Gasteiger partial charge in [-0.15, -0.1) is 0 Å². The van der Waals surface area contributed by atoms with E-state index in [9.17, 15) is 9.59 Å². The van der Waals surface area contributed by atoms with Gasteiger partial charge in [0.1, 0.15) is 13.2 Å². The Kier molecular flexibility index (Phi) is 8.21. The molecule has 0 saturated heterocycles. The smallest absolute Gasteiger partial charge is 0.403 e. The Morgan fingerprint density at radius 3 is 1.48 bits per heavy atom. The van der Waals surface area contributed by atoms with Gasteiger partial charge in [0.15, 0.2) is 0 Å². The van der Waals surface area contributed by atoms with Crippen LogP contribution in [0.2, 0.25) is 0 Å². The van der Waals surface area contributed by atoms with Crippen LogP contribution in [-0.2, 0) is 27.9 Å². The Morgan fingerprint density at radius 2 is 1.24 bits per heavy atom. The summed E-state index contributed by atoms with van der Waals surface area (Å²) >= 11 is 0. The second-order valence-electron chi connectivity index (χ2n) is 3.86. The summed E-state index contributed by atoms with van der Waals surface area (Å²) in [5, 5.41) is 0.838. The molecule has 116 valence electrons. The van der Waals surface area contributed by atoms with Crippen molar-refractivity contribution in [1.29, 1.82) is 0 Å². The fraction of sp³-hybridized carbons (Fsp3) is 0.286. The van der Waals surface area contributed by atoms with Crippen molar-refractivity contribution in [3.05, 3.63) is 48.9 Å². The van der Waals surface area contributed by atoms with E-state index >= 15 is 0 Å². The lowest BCUT2D eigenvalue weighted by atomic mass is 10.6. The van der Waals surface area contributed by atoms with Crippen LogP contribution >= 0.6 is 0 Å². The van der Waals surface area contributed by atoms with E-state index < -0.39 is 20.5 Å². The molecule has 0 N–H and O–H groups in total. The van der Waals surface area contributed by atoms with E-state index in [1.807, 2.05) is 0 Å². The monoisotopic (exact) mass is 312 g/mol. The molecule has 0 heterocycles. The lowest BCUT2D eigenvalue weighted by Gasteiger charge is -2.30. The van der Waals surface area contributed by atoms with Crippen molar-refractivity contribution >= 4 is 20.5 Å². The van der Waals surface area contributed by atoms with Gasteiger partial charge in [0.2, 0.25) is 0 Å². The number of esters is 2. The maximum atomic E-state index is 11.1. The highest BCUT2D eigenvalue weighted by molar-refractivity contribution is 6.81. The minimum Gasteiger partial charge on any atom is -0.458 e. The second kappa shape index (κ2) is 9.06. The summed E-state index contributed by atoms with van der Waals surface area (Å²) in [6.07, 6.45) is 2.08. The zero-order valence-electron chi connectivity index (χ0n) is 12.3. The summed E-state index contributed by atoms with van der Waals surface area (Å²) in [7, 11) is -0.267. The number of carbonyl (C=O) groups excluding carboxylic acids is 2. The first kappa shape index (κ1) is 19.0. The summed E-state index contributed by atoms with van der Waals surface area (Å²) in [5.41, 5.74) is 0. The Bertz CT molecular complexity index is 412. The molecule has 0 amide bonds. The van der Waals surface area contributed by atoms with Crippen molar-refractivity contribution < 1.29 is 27.9 Å². The molecule has 0 aliphatic rings. The van der Waals surface area contributed by atoms with Gasteiger partial charge in [0, 0.05) is 36.8 Å². The van der Waals surface area contributed by atoms with E-state index in [-0.39, 0.29) is 13.2 Å². The summed E-state index contributed by atoms with van der Waals surface area (Å²) in [5.74, 6) is -1.18. The lowest BCUT2D eigenvalue weighted by molar-refractivity contribution is -0.137. The second-order valence-corrected chi connectivity index (χ2v) is 7.32. The first-order valence-electron chi connectivity index (χ1n) is 5.93. The average Bonchev–Trinajstić information content (AvgIpc) is 2.51. The molecule has 0 aliphatic heterocycles. The van der Waals surface area contributed by atoms with Gasteiger partial charge in [-0.3, -0.25) is 0 Å². The van der Waals surface area contributed by atoms with Crippen LogP contribution in [0.25, 0.3) is 0 Å². The SMILES string of the molecule is C=CC(=O)OCC(=C)[Si](OC)(OC)C(=C)COC(=O)C=C. The number of hydrogen-bond acceptors (Lipinski definition) is 6. The normalized spacial score (nSPS) is 10.4. The molecule has 0 aromatic rings. The summed E-state index contributed by atoms with van der Waals surface area (Å²) in [4.78, 5) is 22.2. The predicted molar refractivity (Wildman–Crippen MR) is 80.4 cm³/mol. The Balaban J connectivity index is 4.95. The van der Waals surface area contributed by atoms with Crippen molar-refractivity contribution in [2.45, 2.75) is 0 Å². The van der Waals surface area contributed by atoms with Crippen LogP contribution in [-0.4, -0.2) is 47.9 Å². The Hall–Kier alpha value is -1.96. The van der Waals surface area contributed by atoms with E-state index in [4.69, 9.17) is 18.3 Å². The molecule has 0 bridgehead atoms. The van der Waals surface area contributed by atoms with Gasteiger partial charge in [-0.05, 0) is 0 Å². The van der Waals surface area contributed by atoms with Gasteiger partial charge in [-0.25, -0.2) is 9.59 Å². The van der Waals surface area contributed by atoms with Crippen molar-refractivity contribution in [2.24, 2.45) is 0 Å². The molecule has 0 rings (SSSR count). The molecule has 0 aromatic carbocycles. The highest BCUT2D eigenvalue weighted by Crippen LogP contribution is 2.24. The maximum Gasteiger partial charge on any atom is 0.403 e. The third-order valence-electron chi connectivity index (χ3n) is 2.62. The van der Waals surface area contributed by atoms with Crippen molar-refractivity contribution in [3.8, 4) is 0 Å². The quantitative estimate of drug-likeness (QED) is 0.345. The van der Waals surface area contributed by atoms with E-state index in [0.717, 1.165) is 12.2 Å². The highest BCUT2D eigenvalue weighted by Gasteiger charge is 2.43. The molecule has 0 atom stereocenters. The zero-order valence-corrected chi connectivity index (χ0v) is 13.3. The first-order chi connectivity index (χ1) is 9.87. The fourth-order valence-corrected chi connectivity index (χ4v) is 3.88. The van der Waals surface area contributed by atoms with Gasteiger partial charge in [-0.2, -0.15) is 0 Å². The van der Waals surface area contributed by atoms with E-state index in [0.29, 0.717) is 10.4 Å². The van der Waals surface area contributed by atoms with Crippen molar-refractivity contribution in [1.82, 2.24) is 0 Å². The molecule has 21 heavy (non-hydrogen) atoms. The van der Waals surface area contributed by atoms with Gasteiger partial charge in [0.25, 0.3) is 0 Å². The van der Waals surface area contributed by atoms with Crippen molar-refractivity contribution in [3.63, 3.8) is 0 Å². The number of rotatable bonds is 10. The van der Waals surface area contributed by atoms with Crippen LogP contribution in [0.1, 0.15) is 0 Å². The third kappa shape index (κ3) is 5.14. The van der Waals surface area contributed by atoms with Gasteiger partial charge >= 0.3 is 20.5 Å². The fourth-order valence-electron chi connectivity index (χ4n) is 1.54. The summed E-state index contributed by atoms with van der Waals surface area (Å²) in [6.45, 7) is 14.0. The Morgan fingerprint density at radius 1 is 0.905 bits per heavy atom. The van der Waals surface area contributed by atoms with E-state index in [1.54, 1.807) is 0 Å². The molecule has 0 unspecified atom stereocenters. The molecule has 0 aliphatic carbocycles. The summed E-state index contributed by atoms with van der Waals surface area (Å²) in [6, 6.07) is 0. The molecule has 6 nitrogen and oxygen atoms in total. The van der Waals surface area contributed by atoms with E-state index in [2.05, 4.69) is 26.3 Å². The topological polar surface area (TPSA) is 71.1 Å².